The molecule has 0 spiro atoms. The Morgan fingerprint density at radius 3 is 2.29 bits per heavy atom. The number of sulfonamides is 1. The lowest BCUT2D eigenvalue weighted by atomic mass is 10.3. The Morgan fingerprint density at radius 2 is 1.76 bits per heavy atom. The largest absolute Gasteiger partial charge is 0.375 e. The number of piperazine rings is 1. The molecule has 1 aliphatic rings. The van der Waals surface area contributed by atoms with E-state index in [1.165, 1.54) is 23.5 Å². The van der Waals surface area contributed by atoms with E-state index in [-0.39, 0.29) is 30.5 Å². The van der Waals surface area contributed by atoms with Crippen LogP contribution in [0.3, 0.4) is 0 Å². The minimum Gasteiger partial charge on any atom is -0.375 e. The fraction of sp³-hybridized carbons (Fsp3) is 0.462. The molecule has 0 aromatic heterocycles. The molecular weight excluding hydrogens is 299 g/mol. The lowest BCUT2D eigenvalue weighted by Crippen LogP contribution is -2.51. The fourth-order valence-corrected chi connectivity index (χ4v) is 3.57. The minimum atomic E-state index is -3.64. The van der Waals surface area contributed by atoms with E-state index in [1.54, 1.807) is 4.90 Å². The maximum Gasteiger partial charge on any atom is 0.248 e. The Balaban J connectivity index is 2.04. The normalized spacial score (nSPS) is 17.0. The number of benzene rings is 1. The molecule has 0 N–H and O–H groups in total. The van der Waals surface area contributed by atoms with Crippen molar-refractivity contribution in [3.8, 4) is 0 Å². The molecule has 0 aliphatic carbocycles. The molecule has 0 atom stereocenters. The molecule has 6 nitrogen and oxygen atoms in total. The number of rotatable bonds is 4. The Kier molecular flexibility index (Phi) is 4.92. The molecule has 1 amide bonds. The Bertz CT molecular complexity index is 595. The van der Waals surface area contributed by atoms with E-state index in [0.29, 0.717) is 13.1 Å². The fourth-order valence-electron chi connectivity index (χ4n) is 2.15. The van der Waals surface area contributed by atoms with E-state index >= 15 is 0 Å². The molecule has 1 aromatic rings. The zero-order chi connectivity index (χ0) is 15.5. The summed E-state index contributed by atoms with van der Waals surface area (Å²) < 4.78 is 43.7. The van der Waals surface area contributed by atoms with E-state index in [2.05, 4.69) is 0 Å². The van der Waals surface area contributed by atoms with Crippen LogP contribution < -0.4 is 0 Å². The summed E-state index contributed by atoms with van der Waals surface area (Å²) in [7, 11) is -2.21. The van der Waals surface area contributed by atoms with Crippen molar-refractivity contribution >= 4 is 15.9 Å². The lowest BCUT2D eigenvalue weighted by Gasteiger charge is -2.33. The van der Waals surface area contributed by atoms with Gasteiger partial charge in [0.05, 0.1) is 4.90 Å². The molecule has 1 fully saturated rings. The summed E-state index contributed by atoms with van der Waals surface area (Å²) >= 11 is 0. The van der Waals surface area contributed by atoms with Crippen LogP contribution in [-0.2, 0) is 19.6 Å². The average Bonchev–Trinajstić information content (AvgIpc) is 2.48. The number of methoxy groups -OCH3 is 1. The van der Waals surface area contributed by atoms with Crippen LogP contribution >= 0.6 is 0 Å². The standard InChI is InChI=1S/C13H17FN2O4S/c1-20-10-13(17)15-6-8-16(9-7-15)21(18,19)12-4-2-11(14)3-5-12/h2-5H,6-10H2,1H3. The summed E-state index contributed by atoms with van der Waals surface area (Å²) in [6.07, 6.45) is 0. The third kappa shape index (κ3) is 3.58. The van der Waals surface area contributed by atoms with Crippen LogP contribution in [-0.4, -0.2) is 63.4 Å². The van der Waals surface area contributed by atoms with Gasteiger partial charge in [-0.15, -0.1) is 0 Å². The molecule has 0 radical (unpaired) electrons. The Hall–Kier alpha value is -1.51. The molecule has 0 bridgehead atoms. The van der Waals surface area contributed by atoms with Gasteiger partial charge in [0.15, 0.2) is 0 Å². The number of carbonyl (C=O) groups is 1. The Labute approximate surface area is 123 Å². The first kappa shape index (κ1) is 15.9. The van der Waals surface area contributed by atoms with Gasteiger partial charge in [-0.3, -0.25) is 4.79 Å². The van der Waals surface area contributed by atoms with Gasteiger partial charge in [0, 0.05) is 33.3 Å². The number of hydrogen-bond acceptors (Lipinski definition) is 4. The van der Waals surface area contributed by atoms with Crippen molar-refractivity contribution in [2.75, 3.05) is 39.9 Å². The predicted molar refractivity (Wildman–Crippen MR) is 73.6 cm³/mol. The monoisotopic (exact) mass is 316 g/mol. The maximum atomic E-state index is 12.9. The molecule has 0 unspecified atom stereocenters. The van der Waals surface area contributed by atoms with Gasteiger partial charge >= 0.3 is 0 Å². The first-order valence-electron chi connectivity index (χ1n) is 6.47. The van der Waals surface area contributed by atoms with Crippen LogP contribution in [0.4, 0.5) is 4.39 Å². The summed E-state index contributed by atoms with van der Waals surface area (Å²) in [4.78, 5) is 13.3. The third-order valence-corrected chi connectivity index (χ3v) is 5.22. The minimum absolute atomic E-state index is 0.00921. The second kappa shape index (κ2) is 6.50. The zero-order valence-corrected chi connectivity index (χ0v) is 12.5. The second-order valence-corrected chi connectivity index (χ2v) is 6.61. The van der Waals surface area contributed by atoms with Crippen molar-refractivity contribution in [3.05, 3.63) is 30.1 Å². The highest BCUT2D eigenvalue weighted by Gasteiger charge is 2.29. The molecule has 1 heterocycles. The van der Waals surface area contributed by atoms with Gasteiger partial charge in [0.1, 0.15) is 12.4 Å². The topological polar surface area (TPSA) is 66.9 Å². The van der Waals surface area contributed by atoms with Gasteiger partial charge in [0.25, 0.3) is 0 Å². The highest BCUT2D eigenvalue weighted by molar-refractivity contribution is 7.89. The van der Waals surface area contributed by atoms with Crippen LogP contribution in [0.25, 0.3) is 0 Å². The smallest absolute Gasteiger partial charge is 0.248 e. The Morgan fingerprint density at radius 1 is 1.19 bits per heavy atom. The van der Waals surface area contributed by atoms with Gasteiger partial charge in [-0.2, -0.15) is 4.31 Å². The zero-order valence-electron chi connectivity index (χ0n) is 11.7. The van der Waals surface area contributed by atoms with Crippen LogP contribution in [0.1, 0.15) is 0 Å². The first-order chi connectivity index (χ1) is 9.95. The maximum absolute atomic E-state index is 12.9. The number of ether oxygens (including phenoxy) is 1. The van der Waals surface area contributed by atoms with E-state index in [9.17, 15) is 17.6 Å². The number of halogens is 1. The van der Waals surface area contributed by atoms with Crippen molar-refractivity contribution in [3.63, 3.8) is 0 Å². The van der Waals surface area contributed by atoms with Gasteiger partial charge in [0.2, 0.25) is 15.9 Å². The van der Waals surface area contributed by atoms with Gasteiger partial charge in [-0.25, -0.2) is 12.8 Å². The highest BCUT2D eigenvalue weighted by Crippen LogP contribution is 2.18. The second-order valence-electron chi connectivity index (χ2n) is 4.67. The molecular formula is C13H17FN2O4S. The molecule has 2 rings (SSSR count). The van der Waals surface area contributed by atoms with E-state index in [4.69, 9.17) is 4.74 Å². The van der Waals surface area contributed by atoms with Crippen molar-refractivity contribution in [1.29, 1.82) is 0 Å². The number of amides is 1. The van der Waals surface area contributed by atoms with Gasteiger partial charge in [-0.05, 0) is 24.3 Å². The van der Waals surface area contributed by atoms with Gasteiger partial charge < -0.3 is 9.64 Å². The molecule has 1 aromatic carbocycles. The van der Waals surface area contributed by atoms with E-state index in [1.807, 2.05) is 0 Å². The molecule has 21 heavy (non-hydrogen) atoms. The van der Waals surface area contributed by atoms with E-state index in [0.717, 1.165) is 12.1 Å². The van der Waals surface area contributed by atoms with Crippen molar-refractivity contribution in [1.82, 2.24) is 9.21 Å². The molecule has 1 aliphatic heterocycles. The van der Waals surface area contributed by atoms with Crippen molar-refractivity contribution in [2.24, 2.45) is 0 Å². The van der Waals surface area contributed by atoms with Crippen LogP contribution in [0.2, 0.25) is 0 Å². The highest BCUT2D eigenvalue weighted by atomic mass is 32.2. The first-order valence-corrected chi connectivity index (χ1v) is 7.91. The van der Waals surface area contributed by atoms with E-state index < -0.39 is 15.8 Å². The summed E-state index contributed by atoms with van der Waals surface area (Å²) in [6.45, 7) is 1.07. The number of nitrogens with zero attached hydrogens (tertiary/aromatic N) is 2. The van der Waals surface area contributed by atoms with Crippen molar-refractivity contribution in [2.45, 2.75) is 4.90 Å². The van der Waals surface area contributed by atoms with Crippen LogP contribution in [0.15, 0.2) is 29.2 Å². The quantitative estimate of drug-likeness (QED) is 0.801. The summed E-state index contributed by atoms with van der Waals surface area (Å²) in [5.41, 5.74) is 0. The molecule has 116 valence electrons. The molecule has 0 saturated carbocycles. The summed E-state index contributed by atoms with van der Waals surface area (Å²) in [6, 6.07) is 4.72. The van der Waals surface area contributed by atoms with Crippen molar-refractivity contribution < 1.29 is 22.3 Å². The third-order valence-electron chi connectivity index (χ3n) is 3.31. The molecule has 1 saturated heterocycles. The lowest BCUT2D eigenvalue weighted by molar-refractivity contribution is -0.136. The number of hydrogen-bond donors (Lipinski definition) is 0. The van der Waals surface area contributed by atoms with Gasteiger partial charge in [-0.1, -0.05) is 0 Å². The van der Waals surface area contributed by atoms with Crippen LogP contribution in [0, 0.1) is 5.82 Å². The van der Waals surface area contributed by atoms with Crippen LogP contribution in [0.5, 0.6) is 0 Å². The molecule has 8 heteroatoms. The summed E-state index contributed by atoms with van der Waals surface area (Å²) in [5, 5.41) is 0. The number of carbonyl (C=O) groups excluding carboxylic acids is 1. The predicted octanol–water partition coefficient (Wildman–Crippen LogP) is 0.305. The average molecular weight is 316 g/mol. The SMILES string of the molecule is COCC(=O)N1CCN(S(=O)(=O)c2ccc(F)cc2)CC1. The summed E-state index contributed by atoms with van der Waals surface area (Å²) in [5.74, 6) is -0.639.